The zero-order chi connectivity index (χ0) is 18.6. The highest BCUT2D eigenvalue weighted by atomic mass is 35.5. The molecule has 1 heterocycles. The monoisotopic (exact) mass is 376 g/mol. The number of piperazine rings is 1. The van der Waals surface area contributed by atoms with E-state index in [1.165, 1.54) is 0 Å². The number of nitrogens with one attached hydrogen (secondary N) is 1. The summed E-state index contributed by atoms with van der Waals surface area (Å²) < 4.78 is 15.2. The lowest BCUT2D eigenvalue weighted by Gasteiger charge is -2.31. The first-order valence-corrected chi connectivity index (χ1v) is 9.51. The second-order valence-electron chi connectivity index (χ2n) is 6.87. The Morgan fingerprint density at radius 3 is 2.50 bits per heavy atom. The van der Waals surface area contributed by atoms with Crippen LogP contribution in [-0.2, 0) is 18.2 Å². The molecular weight excluding hydrogens is 351 g/mol. The van der Waals surface area contributed by atoms with E-state index in [1.54, 1.807) is 6.07 Å². The van der Waals surface area contributed by atoms with Gasteiger partial charge in [0.15, 0.2) is 0 Å². The van der Waals surface area contributed by atoms with Gasteiger partial charge in [-0.3, -0.25) is 0 Å². The van der Waals surface area contributed by atoms with Gasteiger partial charge in [0.05, 0.1) is 6.61 Å². The molecule has 2 aromatic rings. The maximum atomic E-state index is 15.2. The van der Waals surface area contributed by atoms with Crippen LogP contribution in [0.5, 0.6) is 0 Å². The van der Waals surface area contributed by atoms with Gasteiger partial charge in [0.2, 0.25) is 5.13 Å². The average molecular weight is 377 g/mol. The van der Waals surface area contributed by atoms with Crippen LogP contribution in [0.1, 0.15) is 28.7 Å². The quantitative estimate of drug-likeness (QED) is 0.751. The molecule has 0 radical (unpaired) electrons. The summed E-state index contributed by atoms with van der Waals surface area (Å²) in [7, 11) is 0. The molecule has 26 heavy (non-hydrogen) atoms. The number of aliphatic hydroxyl groups excluding tert-OH is 1. The molecule has 3 nitrogen and oxygen atoms in total. The third kappa shape index (κ3) is 4.37. The number of rotatable bonds is 6. The minimum absolute atomic E-state index is 0.0454. The lowest BCUT2D eigenvalue weighted by atomic mass is 9.97. The maximum Gasteiger partial charge on any atom is 0.209 e. The largest absolute Gasteiger partial charge is 0.392 e. The molecule has 2 N–H and O–H groups in total. The summed E-state index contributed by atoms with van der Waals surface area (Å²) in [6, 6.07) is 13.2. The fraction of sp³-hybridized carbons (Fsp3) is 0.429. The van der Waals surface area contributed by atoms with E-state index >= 15 is 4.39 Å². The van der Waals surface area contributed by atoms with Crippen molar-refractivity contribution in [2.24, 2.45) is 0 Å². The summed E-state index contributed by atoms with van der Waals surface area (Å²) in [6.07, 6.45) is 0.646. The molecule has 3 rings (SSSR count). The standard InChI is InChI=1S/C21H26ClFN2O/c1-16-14-19(6-7-20(16)25-12-10-24-11-13-25)21(22,23)9-8-17-4-2-3-5-18(17)15-26/h2-7,14,24,26H,8-13,15H2,1H3. The van der Waals surface area contributed by atoms with E-state index in [9.17, 15) is 5.11 Å². The lowest BCUT2D eigenvalue weighted by Crippen LogP contribution is -2.43. The van der Waals surface area contributed by atoms with Crippen LogP contribution in [0.4, 0.5) is 10.1 Å². The molecule has 1 fully saturated rings. The normalized spacial score (nSPS) is 17.2. The van der Waals surface area contributed by atoms with Crippen molar-refractivity contribution in [1.82, 2.24) is 5.32 Å². The molecule has 0 aliphatic carbocycles. The van der Waals surface area contributed by atoms with Crippen molar-refractivity contribution in [2.45, 2.75) is 31.5 Å². The fourth-order valence-corrected chi connectivity index (χ4v) is 3.75. The van der Waals surface area contributed by atoms with Crippen LogP contribution in [0.3, 0.4) is 0 Å². The topological polar surface area (TPSA) is 35.5 Å². The Balaban J connectivity index is 1.73. The summed E-state index contributed by atoms with van der Waals surface area (Å²) in [6.45, 7) is 5.81. The smallest absolute Gasteiger partial charge is 0.209 e. The fourth-order valence-electron chi connectivity index (χ4n) is 3.54. The number of anilines is 1. The lowest BCUT2D eigenvalue weighted by molar-refractivity contribution is 0.261. The summed E-state index contributed by atoms with van der Waals surface area (Å²) in [4.78, 5) is 2.32. The number of aliphatic hydroxyl groups is 1. The Labute approximate surface area is 159 Å². The third-order valence-electron chi connectivity index (χ3n) is 5.07. The highest BCUT2D eigenvalue weighted by Gasteiger charge is 2.29. The van der Waals surface area contributed by atoms with E-state index in [0.717, 1.165) is 48.6 Å². The Morgan fingerprint density at radius 1 is 1.15 bits per heavy atom. The minimum atomic E-state index is -1.92. The van der Waals surface area contributed by atoms with Gasteiger partial charge in [0, 0.05) is 43.9 Å². The van der Waals surface area contributed by atoms with Crippen molar-refractivity contribution in [2.75, 3.05) is 31.1 Å². The molecule has 1 aliphatic rings. The molecular formula is C21H26ClFN2O. The molecule has 2 aromatic carbocycles. The molecule has 1 atom stereocenters. The highest BCUT2D eigenvalue weighted by Crippen LogP contribution is 2.38. The number of alkyl halides is 2. The van der Waals surface area contributed by atoms with Gasteiger partial charge >= 0.3 is 0 Å². The second-order valence-corrected chi connectivity index (χ2v) is 7.47. The van der Waals surface area contributed by atoms with Gasteiger partial charge in [-0.25, -0.2) is 4.39 Å². The van der Waals surface area contributed by atoms with Crippen LogP contribution in [0, 0.1) is 6.92 Å². The number of hydrogen-bond acceptors (Lipinski definition) is 3. The van der Waals surface area contributed by atoms with Crippen molar-refractivity contribution in [3.63, 3.8) is 0 Å². The maximum absolute atomic E-state index is 15.2. The number of hydrogen-bond donors (Lipinski definition) is 2. The molecule has 0 spiro atoms. The molecule has 1 unspecified atom stereocenters. The summed E-state index contributed by atoms with van der Waals surface area (Å²) >= 11 is 6.26. The van der Waals surface area contributed by atoms with Gasteiger partial charge in [-0.2, -0.15) is 0 Å². The van der Waals surface area contributed by atoms with Gasteiger partial charge in [-0.15, -0.1) is 0 Å². The van der Waals surface area contributed by atoms with Crippen molar-refractivity contribution >= 4 is 17.3 Å². The first-order valence-electron chi connectivity index (χ1n) is 9.13. The summed E-state index contributed by atoms with van der Waals surface area (Å²) in [5.41, 5.74) is 4.45. The number of benzene rings is 2. The Morgan fingerprint density at radius 2 is 1.85 bits per heavy atom. The number of halogens is 2. The van der Waals surface area contributed by atoms with Crippen molar-refractivity contribution in [3.05, 3.63) is 64.7 Å². The van der Waals surface area contributed by atoms with Crippen LogP contribution in [-0.4, -0.2) is 31.3 Å². The first-order chi connectivity index (χ1) is 12.5. The van der Waals surface area contributed by atoms with Gasteiger partial charge in [-0.1, -0.05) is 41.9 Å². The molecule has 140 valence electrons. The highest BCUT2D eigenvalue weighted by molar-refractivity contribution is 6.22. The van der Waals surface area contributed by atoms with Crippen LogP contribution in [0.15, 0.2) is 42.5 Å². The van der Waals surface area contributed by atoms with Crippen LogP contribution in [0.2, 0.25) is 0 Å². The van der Waals surface area contributed by atoms with Crippen molar-refractivity contribution in [1.29, 1.82) is 0 Å². The van der Waals surface area contributed by atoms with Crippen LogP contribution < -0.4 is 10.2 Å². The summed E-state index contributed by atoms with van der Waals surface area (Å²) in [5, 5.41) is 10.8. The van der Waals surface area contributed by atoms with Gasteiger partial charge < -0.3 is 15.3 Å². The Hall–Kier alpha value is -1.62. The minimum Gasteiger partial charge on any atom is -0.392 e. The average Bonchev–Trinajstić information content (AvgIpc) is 2.67. The van der Waals surface area contributed by atoms with Gasteiger partial charge in [0.25, 0.3) is 0 Å². The SMILES string of the molecule is Cc1cc(C(F)(Cl)CCc2ccccc2CO)ccc1N1CCNCC1. The second kappa shape index (κ2) is 8.38. The molecule has 0 amide bonds. The van der Waals surface area contributed by atoms with Crippen molar-refractivity contribution in [3.8, 4) is 0 Å². The van der Waals surface area contributed by atoms with E-state index in [1.807, 2.05) is 43.3 Å². The molecule has 1 saturated heterocycles. The Kier molecular flexibility index (Phi) is 6.17. The number of nitrogens with zero attached hydrogens (tertiary/aromatic N) is 1. The van der Waals surface area contributed by atoms with E-state index in [0.29, 0.717) is 12.0 Å². The zero-order valence-corrected chi connectivity index (χ0v) is 15.9. The van der Waals surface area contributed by atoms with Crippen LogP contribution >= 0.6 is 11.6 Å². The zero-order valence-electron chi connectivity index (χ0n) is 15.1. The Bertz CT molecular complexity index is 745. The third-order valence-corrected chi connectivity index (χ3v) is 5.48. The summed E-state index contributed by atoms with van der Waals surface area (Å²) in [5.74, 6) is 0. The predicted molar refractivity (Wildman–Crippen MR) is 106 cm³/mol. The van der Waals surface area contributed by atoms with Gasteiger partial charge in [-0.05, 0) is 42.2 Å². The molecule has 1 aliphatic heterocycles. The molecule has 0 bridgehead atoms. The molecule has 5 heteroatoms. The predicted octanol–water partition coefficient (Wildman–Crippen LogP) is 3.89. The van der Waals surface area contributed by atoms with E-state index in [-0.39, 0.29) is 13.0 Å². The van der Waals surface area contributed by atoms with E-state index in [4.69, 9.17) is 11.6 Å². The van der Waals surface area contributed by atoms with E-state index in [2.05, 4.69) is 10.2 Å². The molecule has 0 aromatic heterocycles. The van der Waals surface area contributed by atoms with E-state index < -0.39 is 5.13 Å². The molecule has 0 saturated carbocycles. The van der Waals surface area contributed by atoms with Gasteiger partial charge in [0.1, 0.15) is 0 Å². The van der Waals surface area contributed by atoms with Crippen molar-refractivity contribution < 1.29 is 9.50 Å². The number of aryl methyl sites for hydroxylation is 2. The van der Waals surface area contributed by atoms with Crippen LogP contribution in [0.25, 0.3) is 0 Å². The first kappa shape index (κ1) is 19.2.